The van der Waals surface area contributed by atoms with Crippen molar-refractivity contribution in [3.05, 3.63) is 76.1 Å². The normalized spacial score (nSPS) is 11.2. The molecule has 0 saturated heterocycles. The third-order valence-electron chi connectivity index (χ3n) is 4.03. The lowest BCUT2D eigenvalue weighted by molar-refractivity contribution is -0.266. The Labute approximate surface area is 148 Å². The van der Waals surface area contributed by atoms with Crippen LogP contribution in [0.2, 0.25) is 0 Å². The highest BCUT2D eigenvalue weighted by molar-refractivity contribution is 6.11. The van der Waals surface area contributed by atoms with Crippen LogP contribution in [0.5, 0.6) is 5.75 Å². The van der Waals surface area contributed by atoms with Gasteiger partial charge in [-0.1, -0.05) is 42.2 Å². The predicted molar refractivity (Wildman–Crippen MR) is 94.5 cm³/mol. The molecule has 0 atom stereocenters. The van der Waals surface area contributed by atoms with E-state index in [1.165, 1.54) is 29.8 Å². The van der Waals surface area contributed by atoms with Crippen LogP contribution >= 0.6 is 0 Å². The van der Waals surface area contributed by atoms with Gasteiger partial charge in [0.05, 0.1) is 16.8 Å². The average Bonchev–Trinajstić information content (AvgIpc) is 2.65. The van der Waals surface area contributed by atoms with Crippen molar-refractivity contribution in [1.82, 2.24) is 4.57 Å². The lowest BCUT2D eigenvalue weighted by atomic mass is 10.1. The highest BCUT2D eigenvalue weighted by Crippen LogP contribution is 2.24. The summed E-state index contributed by atoms with van der Waals surface area (Å²) < 4.78 is 1.27. The number of carbonyl (C=O) groups excluding carboxylic acids is 1. The van der Waals surface area contributed by atoms with Crippen LogP contribution in [0.3, 0.4) is 0 Å². The summed E-state index contributed by atoms with van der Waals surface area (Å²) in [5.41, 5.74) is -0.0278. The van der Waals surface area contributed by atoms with Crippen LogP contribution in [-0.4, -0.2) is 20.8 Å². The topological polar surface area (TPSA) is 106 Å². The van der Waals surface area contributed by atoms with E-state index in [4.69, 9.17) is 10.4 Å². The zero-order chi connectivity index (χ0) is 18.8. The van der Waals surface area contributed by atoms with E-state index in [-0.39, 0.29) is 10.9 Å². The van der Waals surface area contributed by atoms with Gasteiger partial charge < -0.3 is 9.67 Å². The van der Waals surface area contributed by atoms with Gasteiger partial charge in [-0.25, -0.2) is 0 Å². The van der Waals surface area contributed by atoms with E-state index in [0.29, 0.717) is 16.5 Å². The summed E-state index contributed by atoms with van der Waals surface area (Å²) in [6.45, 7) is 0. The lowest BCUT2D eigenvalue weighted by Gasteiger charge is -2.17. The number of pyridine rings is 1. The number of ketones is 1. The van der Waals surface area contributed by atoms with Crippen molar-refractivity contribution in [1.29, 1.82) is 0 Å². The Bertz CT molecular complexity index is 1080. The Hall–Kier alpha value is -3.42. The van der Waals surface area contributed by atoms with E-state index in [9.17, 15) is 14.7 Å². The number of aryl methyl sites for hydroxylation is 1. The zero-order valence-electron chi connectivity index (χ0n) is 13.8. The first kappa shape index (κ1) is 17.4. The van der Waals surface area contributed by atoms with E-state index in [1.807, 2.05) is 0 Å². The molecule has 0 amide bonds. The minimum atomic E-state index is -0.711. The average molecular weight is 351 g/mol. The molecule has 2 N–H and O–H groups in total. The number of nitrogens with zero attached hydrogens (tertiary/aromatic N) is 2. The Kier molecular flexibility index (Phi) is 4.57. The standard InChI is InChI=1S/C19H16N2O5/c1-20-15-8-3-2-7-14(15)18(23)17(19(20)24)16(22)10-9-12-5-4-6-13(11-12)21(25)26/h2-11,23,25-26H,1H3/p-1. The van der Waals surface area contributed by atoms with Gasteiger partial charge in [-0.2, -0.15) is 0 Å². The molecule has 0 fully saturated rings. The number of allylic oxidation sites excluding steroid dienone is 1. The van der Waals surface area contributed by atoms with Gasteiger partial charge in [0.25, 0.3) is 5.56 Å². The molecule has 0 unspecified atom stereocenters. The molecule has 0 aliphatic heterocycles. The van der Waals surface area contributed by atoms with Crippen molar-refractivity contribution in [2.45, 2.75) is 0 Å². The van der Waals surface area contributed by atoms with Gasteiger partial charge in [0.1, 0.15) is 0 Å². The molecular formula is C19H15N2O5-. The van der Waals surface area contributed by atoms with Crippen LogP contribution in [0.1, 0.15) is 15.9 Å². The number of rotatable bonds is 4. The Morgan fingerprint density at radius 1 is 1.15 bits per heavy atom. The maximum Gasteiger partial charge on any atom is 0.261 e. The van der Waals surface area contributed by atoms with Crippen LogP contribution in [0, 0.1) is 0 Å². The summed E-state index contributed by atoms with van der Waals surface area (Å²) >= 11 is 0. The second kappa shape index (κ2) is 6.83. The van der Waals surface area contributed by atoms with E-state index in [1.54, 1.807) is 36.4 Å². The van der Waals surface area contributed by atoms with Gasteiger partial charge in [-0.05, 0) is 35.2 Å². The summed E-state index contributed by atoms with van der Waals surface area (Å²) in [6.07, 6.45) is 2.51. The molecule has 0 aliphatic carbocycles. The summed E-state index contributed by atoms with van der Waals surface area (Å²) in [5, 5.41) is 30.8. The molecule has 2 aromatic carbocycles. The third-order valence-corrected chi connectivity index (χ3v) is 4.03. The number of fused-ring (bicyclic) bond motifs is 1. The van der Waals surface area contributed by atoms with Crippen LogP contribution in [-0.2, 0) is 7.05 Å². The molecule has 0 radical (unpaired) electrons. The first-order valence-electron chi connectivity index (χ1n) is 7.69. The highest BCUT2D eigenvalue weighted by atomic mass is 16.8. The van der Waals surface area contributed by atoms with Gasteiger partial charge in [0.2, 0.25) is 0 Å². The molecule has 132 valence electrons. The maximum atomic E-state index is 12.6. The van der Waals surface area contributed by atoms with E-state index in [0.717, 1.165) is 6.08 Å². The number of carbonyl (C=O) groups is 1. The summed E-state index contributed by atoms with van der Waals surface area (Å²) in [4.78, 5) is 24.9. The van der Waals surface area contributed by atoms with E-state index >= 15 is 0 Å². The molecule has 3 aromatic rings. The van der Waals surface area contributed by atoms with Crippen LogP contribution in [0.4, 0.5) is 5.69 Å². The van der Waals surface area contributed by atoms with Crippen molar-refractivity contribution < 1.29 is 20.3 Å². The van der Waals surface area contributed by atoms with Crippen molar-refractivity contribution in [3.8, 4) is 5.75 Å². The van der Waals surface area contributed by atoms with Crippen LogP contribution < -0.4 is 15.9 Å². The fraction of sp³-hybridized carbons (Fsp3) is 0.0526. The number of hydrogen-bond acceptors (Lipinski definition) is 6. The minimum Gasteiger partial charge on any atom is -0.871 e. The van der Waals surface area contributed by atoms with Gasteiger partial charge >= 0.3 is 0 Å². The molecule has 7 heteroatoms. The smallest absolute Gasteiger partial charge is 0.261 e. The van der Waals surface area contributed by atoms with Crippen LogP contribution in [0.25, 0.3) is 17.0 Å². The molecule has 1 heterocycles. The molecule has 3 rings (SSSR count). The lowest BCUT2D eigenvalue weighted by Crippen LogP contribution is -2.26. The number of para-hydroxylation sites is 1. The van der Waals surface area contributed by atoms with Crippen molar-refractivity contribution >= 4 is 28.4 Å². The summed E-state index contributed by atoms with van der Waals surface area (Å²) in [6, 6.07) is 12.6. The molecular weight excluding hydrogens is 336 g/mol. The largest absolute Gasteiger partial charge is 0.871 e. The molecule has 0 spiro atoms. The second-order valence-electron chi connectivity index (χ2n) is 5.67. The fourth-order valence-corrected chi connectivity index (χ4v) is 2.69. The minimum absolute atomic E-state index is 0.0476. The third kappa shape index (κ3) is 3.08. The molecule has 26 heavy (non-hydrogen) atoms. The molecule has 7 nitrogen and oxygen atoms in total. The monoisotopic (exact) mass is 351 g/mol. The predicted octanol–water partition coefficient (Wildman–Crippen LogP) is 2.09. The second-order valence-corrected chi connectivity index (χ2v) is 5.67. The van der Waals surface area contributed by atoms with Crippen LogP contribution in [0.15, 0.2) is 59.4 Å². The van der Waals surface area contributed by atoms with Gasteiger partial charge in [0.15, 0.2) is 5.78 Å². The molecule has 0 saturated carbocycles. The number of anilines is 1. The van der Waals surface area contributed by atoms with Gasteiger partial charge in [-0.15, -0.1) is 5.23 Å². The van der Waals surface area contributed by atoms with Crippen molar-refractivity contribution in [2.24, 2.45) is 7.05 Å². The Morgan fingerprint density at radius 2 is 1.88 bits per heavy atom. The van der Waals surface area contributed by atoms with Gasteiger partial charge in [0, 0.05) is 7.05 Å². The molecule has 1 aromatic heterocycles. The van der Waals surface area contributed by atoms with E-state index in [2.05, 4.69) is 0 Å². The van der Waals surface area contributed by atoms with Gasteiger partial charge in [-0.3, -0.25) is 20.0 Å². The summed E-state index contributed by atoms with van der Waals surface area (Å²) in [5.74, 6) is -1.32. The number of aromatic nitrogens is 1. The van der Waals surface area contributed by atoms with Crippen molar-refractivity contribution in [2.75, 3.05) is 5.23 Å². The SMILES string of the molecule is Cn1c(=O)c(C(=O)C=Cc2cccc(N(O)O)c2)c([O-])c2ccccc21. The molecule has 0 bridgehead atoms. The number of benzene rings is 2. The highest BCUT2D eigenvalue weighted by Gasteiger charge is 2.14. The Balaban J connectivity index is 2.03. The fourth-order valence-electron chi connectivity index (χ4n) is 2.69. The number of hydrogen-bond donors (Lipinski definition) is 2. The summed E-state index contributed by atoms with van der Waals surface area (Å²) in [7, 11) is 1.51. The maximum absolute atomic E-state index is 12.6. The first-order chi connectivity index (χ1) is 12.4. The first-order valence-corrected chi connectivity index (χ1v) is 7.69. The Morgan fingerprint density at radius 3 is 2.62 bits per heavy atom. The van der Waals surface area contributed by atoms with E-state index < -0.39 is 22.7 Å². The quantitative estimate of drug-likeness (QED) is 0.424. The van der Waals surface area contributed by atoms with Crippen molar-refractivity contribution in [3.63, 3.8) is 0 Å². The zero-order valence-corrected chi connectivity index (χ0v) is 13.8. The molecule has 0 aliphatic rings.